The van der Waals surface area contributed by atoms with Crippen molar-refractivity contribution in [1.29, 1.82) is 0 Å². The molecule has 0 atom stereocenters. The smallest absolute Gasteiger partial charge is 0.226 e. The lowest BCUT2D eigenvalue weighted by atomic mass is 10.2. The van der Waals surface area contributed by atoms with Crippen LogP contribution in [0.3, 0.4) is 0 Å². The van der Waals surface area contributed by atoms with Gasteiger partial charge in [0.1, 0.15) is 5.76 Å². The van der Waals surface area contributed by atoms with Crippen LogP contribution in [-0.4, -0.2) is 4.98 Å². The highest BCUT2D eigenvalue weighted by Crippen LogP contribution is 2.22. The molecule has 1 aromatic carbocycles. The summed E-state index contributed by atoms with van der Waals surface area (Å²) < 4.78 is 5.42. The van der Waals surface area contributed by atoms with E-state index < -0.39 is 0 Å². The predicted octanol–water partition coefficient (Wildman–Crippen LogP) is 3.49. The van der Waals surface area contributed by atoms with Crippen LogP contribution in [-0.2, 0) is 0 Å². The molecule has 2 nitrogen and oxygen atoms in total. The molecule has 0 aliphatic heterocycles. The number of hydrogen-bond acceptors (Lipinski definition) is 2. The summed E-state index contributed by atoms with van der Waals surface area (Å²) in [4.78, 5) is 4.19. The van der Waals surface area contributed by atoms with Crippen LogP contribution in [0.1, 0.15) is 11.5 Å². The zero-order valence-electron chi connectivity index (χ0n) is 7.75. The number of oxazole rings is 1. The number of nitrogens with zero attached hydrogens (tertiary/aromatic N) is 1. The van der Waals surface area contributed by atoms with Crippen molar-refractivity contribution in [3.63, 3.8) is 0 Å². The number of benzene rings is 1. The minimum Gasteiger partial charge on any atom is -0.441 e. The zero-order chi connectivity index (χ0) is 10.1. The van der Waals surface area contributed by atoms with Crippen molar-refractivity contribution in [2.45, 2.75) is 6.92 Å². The molecule has 2 aromatic rings. The van der Waals surface area contributed by atoms with Gasteiger partial charge in [-0.3, -0.25) is 0 Å². The molecule has 71 valence electrons. The van der Waals surface area contributed by atoms with Crippen LogP contribution in [0.5, 0.6) is 0 Å². The number of aryl methyl sites for hydroxylation is 1. The van der Waals surface area contributed by atoms with Gasteiger partial charge in [-0.15, -0.1) is 0 Å². The average molecular weight is 207 g/mol. The molecular weight excluding hydrogens is 198 g/mol. The summed E-state index contributed by atoms with van der Waals surface area (Å²) in [7, 11) is 0. The van der Waals surface area contributed by atoms with Gasteiger partial charge in [-0.1, -0.05) is 11.6 Å². The van der Waals surface area contributed by atoms with E-state index in [1.165, 1.54) is 0 Å². The highest BCUT2D eigenvalue weighted by atomic mass is 35.5. The topological polar surface area (TPSA) is 26.0 Å². The maximum atomic E-state index is 5.77. The monoisotopic (exact) mass is 206 g/mol. The molecule has 0 aliphatic rings. The molecule has 0 N–H and O–H groups in total. The molecule has 0 saturated carbocycles. The molecule has 0 amide bonds. The average Bonchev–Trinajstić information content (AvgIpc) is 2.48. The third kappa shape index (κ3) is 1.66. The fraction of sp³-hybridized carbons (Fsp3) is 0.0909. The summed E-state index contributed by atoms with van der Waals surface area (Å²) >= 11 is 5.77. The lowest BCUT2D eigenvalue weighted by Gasteiger charge is -1.94. The SMILES string of the molecule is [CH2]c1nc(-c2ccc(Cl)cc2)oc1C. The van der Waals surface area contributed by atoms with Crippen molar-refractivity contribution in [2.75, 3.05) is 0 Å². The summed E-state index contributed by atoms with van der Waals surface area (Å²) in [6, 6.07) is 7.35. The van der Waals surface area contributed by atoms with Crippen LogP contribution in [0, 0.1) is 13.8 Å². The second-order valence-corrected chi connectivity index (χ2v) is 3.47. The van der Waals surface area contributed by atoms with Crippen LogP contribution in [0.2, 0.25) is 5.02 Å². The van der Waals surface area contributed by atoms with Crippen LogP contribution >= 0.6 is 11.6 Å². The lowest BCUT2D eigenvalue weighted by Crippen LogP contribution is -1.77. The van der Waals surface area contributed by atoms with Crippen molar-refractivity contribution in [3.8, 4) is 11.5 Å². The van der Waals surface area contributed by atoms with Gasteiger partial charge in [0.05, 0.1) is 5.69 Å². The van der Waals surface area contributed by atoms with E-state index in [4.69, 9.17) is 16.0 Å². The first-order chi connectivity index (χ1) is 6.66. The molecule has 0 aliphatic carbocycles. The quantitative estimate of drug-likeness (QED) is 0.714. The first-order valence-electron chi connectivity index (χ1n) is 4.22. The molecule has 0 unspecified atom stereocenters. The van der Waals surface area contributed by atoms with Gasteiger partial charge in [0, 0.05) is 10.6 Å². The van der Waals surface area contributed by atoms with Crippen LogP contribution in [0.25, 0.3) is 11.5 Å². The van der Waals surface area contributed by atoms with E-state index >= 15 is 0 Å². The van der Waals surface area contributed by atoms with Gasteiger partial charge in [-0.05, 0) is 38.1 Å². The highest BCUT2D eigenvalue weighted by Gasteiger charge is 2.07. The van der Waals surface area contributed by atoms with Gasteiger partial charge in [0.2, 0.25) is 5.89 Å². The second-order valence-electron chi connectivity index (χ2n) is 3.03. The summed E-state index contributed by atoms with van der Waals surface area (Å²) in [5, 5.41) is 0.701. The van der Waals surface area contributed by atoms with Crippen molar-refractivity contribution in [3.05, 3.63) is 47.7 Å². The van der Waals surface area contributed by atoms with Crippen molar-refractivity contribution < 1.29 is 4.42 Å². The largest absolute Gasteiger partial charge is 0.441 e. The highest BCUT2D eigenvalue weighted by molar-refractivity contribution is 6.30. The van der Waals surface area contributed by atoms with Crippen molar-refractivity contribution >= 4 is 11.6 Å². The van der Waals surface area contributed by atoms with Gasteiger partial charge < -0.3 is 4.42 Å². The van der Waals surface area contributed by atoms with E-state index in [2.05, 4.69) is 11.9 Å². The minimum atomic E-state index is 0.587. The Bertz CT molecular complexity index is 425. The first kappa shape index (κ1) is 9.28. The normalized spacial score (nSPS) is 10.5. The molecular formula is C11H9ClNO. The summed E-state index contributed by atoms with van der Waals surface area (Å²) in [6.45, 7) is 5.59. The van der Waals surface area contributed by atoms with E-state index in [0.29, 0.717) is 16.6 Å². The Labute approximate surface area is 87.5 Å². The standard InChI is InChI=1S/C11H9ClNO/c1-7-8(2)14-11(13-7)9-3-5-10(12)6-4-9/h3-6H,1H2,2H3. The molecule has 2 rings (SSSR count). The lowest BCUT2D eigenvalue weighted by molar-refractivity contribution is 0.541. The molecule has 1 radical (unpaired) electrons. The van der Waals surface area contributed by atoms with Gasteiger partial charge in [0.15, 0.2) is 0 Å². The van der Waals surface area contributed by atoms with Crippen LogP contribution < -0.4 is 0 Å². The fourth-order valence-electron chi connectivity index (χ4n) is 1.14. The Balaban J connectivity index is 2.44. The van der Waals surface area contributed by atoms with E-state index in [-0.39, 0.29) is 0 Å². The summed E-state index contributed by atoms with van der Waals surface area (Å²) in [5.74, 6) is 1.33. The molecule has 0 spiro atoms. The van der Waals surface area contributed by atoms with E-state index in [0.717, 1.165) is 11.3 Å². The van der Waals surface area contributed by atoms with E-state index in [1.807, 2.05) is 19.1 Å². The molecule has 1 aromatic heterocycles. The number of aromatic nitrogens is 1. The summed E-state index contributed by atoms with van der Waals surface area (Å²) in [6.07, 6.45) is 0. The molecule has 0 bridgehead atoms. The fourth-order valence-corrected chi connectivity index (χ4v) is 1.27. The van der Waals surface area contributed by atoms with Gasteiger partial charge in [-0.2, -0.15) is 0 Å². The molecule has 0 saturated heterocycles. The first-order valence-corrected chi connectivity index (χ1v) is 4.60. The maximum Gasteiger partial charge on any atom is 0.226 e. The number of halogens is 1. The Morgan fingerprint density at radius 3 is 2.43 bits per heavy atom. The van der Waals surface area contributed by atoms with E-state index in [9.17, 15) is 0 Å². The molecule has 1 heterocycles. The number of hydrogen-bond donors (Lipinski definition) is 0. The molecule has 3 heteroatoms. The van der Waals surface area contributed by atoms with Gasteiger partial charge in [-0.25, -0.2) is 4.98 Å². The molecule has 0 fully saturated rings. The van der Waals surface area contributed by atoms with Crippen molar-refractivity contribution in [2.24, 2.45) is 0 Å². The second kappa shape index (κ2) is 3.46. The zero-order valence-corrected chi connectivity index (χ0v) is 8.51. The summed E-state index contributed by atoms with van der Waals surface area (Å²) in [5.41, 5.74) is 1.59. The van der Waals surface area contributed by atoms with Gasteiger partial charge in [0.25, 0.3) is 0 Å². The van der Waals surface area contributed by atoms with Crippen LogP contribution in [0.15, 0.2) is 28.7 Å². The third-order valence-corrected chi connectivity index (χ3v) is 2.24. The predicted molar refractivity (Wildman–Crippen MR) is 56.1 cm³/mol. The Morgan fingerprint density at radius 2 is 1.93 bits per heavy atom. The Hall–Kier alpha value is -1.28. The minimum absolute atomic E-state index is 0.587. The molecule has 14 heavy (non-hydrogen) atoms. The third-order valence-electron chi connectivity index (χ3n) is 1.98. The Morgan fingerprint density at radius 1 is 1.29 bits per heavy atom. The number of rotatable bonds is 1. The van der Waals surface area contributed by atoms with Gasteiger partial charge >= 0.3 is 0 Å². The Kier molecular flexibility index (Phi) is 2.30. The van der Waals surface area contributed by atoms with Crippen LogP contribution in [0.4, 0.5) is 0 Å². The van der Waals surface area contributed by atoms with Crippen molar-refractivity contribution in [1.82, 2.24) is 4.98 Å². The van der Waals surface area contributed by atoms with E-state index in [1.54, 1.807) is 12.1 Å². The maximum absolute atomic E-state index is 5.77.